The summed E-state index contributed by atoms with van der Waals surface area (Å²) in [6.07, 6.45) is 3.77. The summed E-state index contributed by atoms with van der Waals surface area (Å²) in [5, 5.41) is 12.5. The summed E-state index contributed by atoms with van der Waals surface area (Å²) in [6, 6.07) is 14.3. The third kappa shape index (κ3) is 3.13. The highest BCUT2D eigenvalue weighted by Gasteiger charge is 2.34. The summed E-state index contributed by atoms with van der Waals surface area (Å²) in [4.78, 5) is 11.4. The molecule has 1 N–H and O–H groups in total. The smallest absolute Gasteiger partial charge is 0.330 e. The van der Waals surface area contributed by atoms with Crippen LogP contribution in [0.3, 0.4) is 0 Å². The summed E-state index contributed by atoms with van der Waals surface area (Å²) >= 11 is 0. The van der Waals surface area contributed by atoms with E-state index in [1.165, 1.54) is 13.2 Å². The Morgan fingerprint density at radius 2 is 2.04 bits per heavy atom. The van der Waals surface area contributed by atoms with E-state index >= 15 is 0 Å². The van der Waals surface area contributed by atoms with E-state index < -0.39 is 6.10 Å². The quantitative estimate of drug-likeness (QED) is 0.560. The Morgan fingerprint density at radius 1 is 1.26 bits per heavy atom. The van der Waals surface area contributed by atoms with Crippen molar-refractivity contribution in [1.29, 1.82) is 0 Å². The number of esters is 1. The molecule has 4 rings (SSSR count). The van der Waals surface area contributed by atoms with Gasteiger partial charge in [0.25, 0.3) is 0 Å². The molecule has 140 valence electrons. The number of carbonyl (C=O) groups is 1. The van der Waals surface area contributed by atoms with Crippen LogP contribution in [0.2, 0.25) is 0 Å². The summed E-state index contributed by atoms with van der Waals surface area (Å²) in [6.45, 7) is 2.03. The van der Waals surface area contributed by atoms with E-state index in [2.05, 4.69) is 27.5 Å². The van der Waals surface area contributed by atoms with Gasteiger partial charge in [-0.3, -0.25) is 0 Å². The Hall–Kier alpha value is -2.63. The van der Waals surface area contributed by atoms with Crippen LogP contribution in [0, 0.1) is 0 Å². The molecule has 3 aromatic rings. The Bertz CT molecular complexity index is 1020. The van der Waals surface area contributed by atoms with Gasteiger partial charge in [-0.1, -0.05) is 31.2 Å². The molecule has 1 aromatic heterocycles. The van der Waals surface area contributed by atoms with Crippen molar-refractivity contribution in [3.63, 3.8) is 0 Å². The molecule has 2 aromatic carbocycles. The van der Waals surface area contributed by atoms with Gasteiger partial charge in [0, 0.05) is 23.3 Å². The number of benzene rings is 2. The highest BCUT2D eigenvalue weighted by Crippen LogP contribution is 2.38. The molecule has 0 bridgehead atoms. The van der Waals surface area contributed by atoms with Crippen molar-refractivity contribution < 1.29 is 19.4 Å². The summed E-state index contributed by atoms with van der Waals surface area (Å²) in [5.74, 6) is -0.378. The van der Waals surface area contributed by atoms with E-state index in [1.807, 2.05) is 31.2 Å². The number of methoxy groups -OCH3 is 1. The average Bonchev–Trinajstić information content (AvgIpc) is 3.22. The number of aliphatic hydroxyl groups is 1. The fourth-order valence-corrected chi connectivity index (χ4v) is 3.91. The molecule has 3 atom stereocenters. The minimum Gasteiger partial charge on any atom is -0.466 e. The second-order valence-electron chi connectivity index (χ2n) is 6.86. The highest BCUT2D eigenvalue weighted by atomic mass is 16.5. The second-order valence-corrected chi connectivity index (χ2v) is 6.86. The van der Waals surface area contributed by atoms with E-state index in [0.29, 0.717) is 6.42 Å². The maximum Gasteiger partial charge on any atom is 0.330 e. The first-order chi connectivity index (χ1) is 13.1. The van der Waals surface area contributed by atoms with E-state index in [9.17, 15) is 9.90 Å². The van der Waals surface area contributed by atoms with Gasteiger partial charge in [0.05, 0.1) is 30.4 Å². The monoisotopic (exact) mass is 365 g/mol. The molecular formula is C22H23NO4. The second kappa shape index (κ2) is 7.18. The average molecular weight is 365 g/mol. The van der Waals surface area contributed by atoms with Crippen molar-refractivity contribution >= 4 is 33.9 Å². The molecule has 1 aliphatic rings. The standard InChI is InChI=1S/C22H23NO4/c1-3-20-19(24)13-21(27-20)23-17-7-5-4-6-15(17)16-12-14(8-10-18(16)23)9-11-22(25)26-2/h4-12,19-21,24H,3,13H2,1-2H3/b11-9+/t19-,20-,21-/m1/s1. The predicted octanol–water partition coefficient (Wildman–Crippen LogP) is 4.04. The molecule has 0 aliphatic carbocycles. The number of para-hydroxylation sites is 1. The van der Waals surface area contributed by atoms with Crippen LogP contribution >= 0.6 is 0 Å². The Balaban J connectivity index is 1.84. The number of hydrogen-bond donors (Lipinski definition) is 1. The Morgan fingerprint density at radius 3 is 2.78 bits per heavy atom. The lowest BCUT2D eigenvalue weighted by atomic mass is 10.1. The molecule has 0 amide bonds. The van der Waals surface area contributed by atoms with Gasteiger partial charge in [0.15, 0.2) is 0 Å². The molecule has 0 unspecified atom stereocenters. The zero-order chi connectivity index (χ0) is 19.0. The van der Waals surface area contributed by atoms with Crippen molar-refractivity contribution in [3.8, 4) is 0 Å². The number of aromatic nitrogens is 1. The van der Waals surface area contributed by atoms with Gasteiger partial charge >= 0.3 is 5.97 Å². The minimum absolute atomic E-state index is 0.131. The first-order valence-corrected chi connectivity index (χ1v) is 9.24. The zero-order valence-electron chi connectivity index (χ0n) is 15.5. The summed E-state index contributed by atoms with van der Waals surface area (Å²) < 4.78 is 13.0. The third-order valence-corrected chi connectivity index (χ3v) is 5.24. The van der Waals surface area contributed by atoms with Gasteiger partial charge in [-0.05, 0) is 36.3 Å². The predicted molar refractivity (Wildman–Crippen MR) is 105 cm³/mol. The van der Waals surface area contributed by atoms with Crippen molar-refractivity contribution in [2.24, 2.45) is 0 Å². The van der Waals surface area contributed by atoms with Crippen molar-refractivity contribution in [2.75, 3.05) is 7.11 Å². The largest absolute Gasteiger partial charge is 0.466 e. The van der Waals surface area contributed by atoms with Crippen LogP contribution < -0.4 is 0 Å². The SMILES string of the molecule is CC[C@H]1O[C@@H](n2c3ccccc3c3cc(/C=C/C(=O)OC)ccc32)C[C@H]1O. The molecule has 0 spiro atoms. The first kappa shape index (κ1) is 17.8. The summed E-state index contributed by atoms with van der Waals surface area (Å²) in [5.41, 5.74) is 3.06. The van der Waals surface area contributed by atoms with Gasteiger partial charge in [0.1, 0.15) is 6.23 Å². The zero-order valence-corrected chi connectivity index (χ0v) is 15.5. The third-order valence-electron chi connectivity index (χ3n) is 5.24. The number of ether oxygens (including phenoxy) is 2. The molecular weight excluding hydrogens is 342 g/mol. The normalized spacial score (nSPS) is 22.9. The number of nitrogens with zero attached hydrogens (tertiary/aromatic N) is 1. The molecule has 2 heterocycles. The topological polar surface area (TPSA) is 60.7 Å². The van der Waals surface area contributed by atoms with E-state index in [-0.39, 0.29) is 18.3 Å². The highest BCUT2D eigenvalue weighted by molar-refractivity contribution is 6.08. The lowest BCUT2D eigenvalue weighted by Gasteiger charge is -2.16. The molecule has 1 aliphatic heterocycles. The number of carbonyl (C=O) groups excluding carboxylic acids is 1. The molecule has 1 fully saturated rings. The van der Waals surface area contributed by atoms with Crippen molar-refractivity contribution in [2.45, 2.75) is 38.2 Å². The minimum atomic E-state index is -0.446. The van der Waals surface area contributed by atoms with E-state index in [0.717, 1.165) is 33.8 Å². The molecule has 0 radical (unpaired) electrons. The van der Waals surface area contributed by atoms with E-state index in [1.54, 1.807) is 6.08 Å². The van der Waals surface area contributed by atoms with Crippen molar-refractivity contribution in [1.82, 2.24) is 4.57 Å². The van der Waals surface area contributed by atoms with Gasteiger partial charge in [0.2, 0.25) is 0 Å². The van der Waals surface area contributed by atoms with Crippen LogP contribution in [-0.4, -0.2) is 35.0 Å². The van der Waals surface area contributed by atoms with Crippen LogP contribution in [-0.2, 0) is 14.3 Å². The van der Waals surface area contributed by atoms with Gasteiger partial charge in [-0.2, -0.15) is 0 Å². The number of aliphatic hydroxyl groups excluding tert-OH is 1. The van der Waals surface area contributed by atoms with Crippen LogP contribution in [0.25, 0.3) is 27.9 Å². The first-order valence-electron chi connectivity index (χ1n) is 9.24. The van der Waals surface area contributed by atoms with Gasteiger partial charge in [-0.15, -0.1) is 0 Å². The van der Waals surface area contributed by atoms with Gasteiger partial charge in [-0.25, -0.2) is 4.79 Å². The van der Waals surface area contributed by atoms with Crippen LogP contribution in [0.5, 0.6) is 0 Å². The number of rotatable bonds is 4. The lowest BCUT2D eigenvalue weighted by molar-refractivity contribution is -0.134. The van der Waals surface area contributed by atoms with E-state index in [4.69, 9.17) is 4.74 Å². The maximum absolute atomic E-state index is 11.4. The Kier molecular flexibility index (Phi) is 4.72. The van der Waals surface area contributed by atoms with Crippen LogP contribution in [0.15, 0.2) is 48.5 Å². The summed E-state index contributed by atoms with van der Waals surface area (Å²) in [7, 11) is 1.36. The van der Waals surface area contributed by atoms with Crippen LogP contribution in [0.1, 0.15) is 31.6 Å². The maximum atomic E-state index is 11.4. The molecule has 5 heteroatoms. The fourth-order valence-electron chi connectivity index (χ4n) is 3.91. The number of fused-ring (bicyclic) bond motifs is 3. The number of hydrogen-bond acceptors (Lipinski definition) is 4. The van der Waals surface area contributed by atoms with Gasteiger partial charge < -0.3 is 19.1 Å². The molecule has 0 saturated carbocycles. The fraction of sp³-hybridized carbons (Fsp3) is 0.318. The molecule has 27 heavy (non-hydrogen) atoms. The van der Waals surface area contributed by atoms with Crippen LogP contribution in [0.4, 0.5) is 0 Å². The van der Waals surface area contributed by atoms with Crippen molar-refractivity contribution in [3.05, 3.63) is 54.1 Å². The molecule has 1 saturated heterocycles. The Labute approximate surface area is 157 Å². The molecule has 5 nitrogen and oxygen atoms in total. The lowest BCUT2D eigenvalue weighted by Crippen LogP contribution is -2.19.